The zero-order valence-electron chi connectivity index (χ0n) is 11.4. The van der Waals surface area contributed by atoms with Gasteiger partial charge in [-0.1, -0.05) is 17.7 Å². The summed E-state index contributed by atoms with van der Waals surface area (Å²) in [5.74, 6) is -0.294. The Morgan fingerprint density at radius 2 is 1.95 bits per heavy atom. The molecular formula is C15H15ClN4O. The Bertz CT molecular complexity index is 638. The molecule has 0 bridgehead atoms. The summed E-state index contributed by atoms with van der Waals surface area (Å²) in [6.45, 7) is 2.14. The predicted octanol–water partition coefficient (Wildman–Crippen LogP) is 2.98. The molecule has 1 fully saturated rings. The molecule has 1 saturated heterocycles. The van der Waals surface area contributed by atoms with Gasteiger partial charge in [0.05, 0.1) is 0 Å². The molecule has 0 saturated carbocycles. The first-order chi connectivity index (χ1) is 10.2. The van der Waals surface area contributed by atoms with Gasteiger partial charge in [0.2, 0.25) is 0 Å². The van der Waals surface area contributed by atoms with Gasteiger partial charge in [0.15, 0.2) is 10.8 Å². The van der Waals surface area contributed by atoms with E-state index in [2.05, 4.69) is 26.5 Å². The number of anilines is 2. The van der Waals surface area contributed by atoms with Gasteiger partial charge in [-0.2, -0.15) is 0 Å². The largest absolute Gasteiger partial charge is 0.371 e. The molecule has 21 heavy (non-hydrogen) atoms. The van der Waals surface area contributed by atoms with E-state index in [1.54, 1.807) is 12.1 Å². The van der Waals surface area contributed by atoms with Crippen LogP contribution < -0.4 is 10.2 Å². The van der Waals surface area contributed by atoms with Crippen molar-refractivity contribution in [3.63, 3.8) is 0 Å². The molecule has 1 aromatic heterocycles. The van der Waals surface area contributed by atoms with Crippen molar-refractivity contribution in [3.05, 3.63) is 47.2 Å². The maximum absolute atomic E-state index is 12.1. The SMILES string of the molecule is O=C(Nc1cccc(N2CCCC2)c1)c1ccc(Cl)nn1. The molecule has 0 spiro atoms. The number of nitrogens with one attached hydrogen (secondary N) is 1. The van der Waals surface area contributed by atoms with Gasteiger partial charge in [-0.25, -0.2) is 0 Å². The number of aromatic nitrogens is 2. The molecule has 1 aromatic carbocycles. The van der Waals surface area contributed by atoms with Crippen molar-refractivity contribution >= 4 is 28.9 Å². The third-order valence-electron chi connectivity index (χ3n) is 3.44. The van der Waals surface area contributed by atoms with Crippen molar-refractivity contribution in [2.75, 3.05) is 23.3 Å². The maximum Gasteiger partial charge on any atom is 0.276 e. The Hall–Kier alpha value is -2.14. The lowest BCUT2D eigenvalue weighted by atomic mass is 10.2. The number of halogens is 1. The van der Waals surface area contributed by atoms with E-state index in [0.29, 0.717) is 0 Å². The molecule has 0 radical (unpaired) electrons. The summed E-state index contributed by atoms with van der Waals surface area (Å²) in [4.78, 5) is 14.4. The summed E-state index contributed by atoms with van der Waals surface area (Å²) in [7, 11) is 0. The fraction of sp³-hybridized carbons (Fsp3) is 0.267. The van der Waals surface area contributed by atoms with Crippen molar-refractivity contribution in [2.24, 2.45) is 0 Å². The lowest BCUT2D eigenvalue weighted by molar-refractivity contribution is 0.102. The maximum atomic E-state index is 12.1. The fourth-order valence-corrected chi connectivity index (χ4v) is 2.49. The summed E-state index contributed by atoms with van der Waals surface area (Å²) < 4.78 is 0. The Morgan fingerprint density at radius 3 is 2.67 bits per heavy atom. The third-order valence-corrected chi connectivity index (χ3v) is 3.64. The Kier molecular flexibility index (Phi) is 4.01. The van der Waals surface area contributed by atoms with Crippen LogP contribution in [0.25, 0.3) is 0 Å². The van der Waals surface area contributed by atoms with Crippen molar-refractivity contribution in [1.82, 2.24) is 10.2 Å². The van der Waals surface area contributed by atoms with Gasteiger partial charge in [0.25, 0.3) is 5.91 Å². The number of amides is 1. The van der Waals surface area contributed by atoms with Crippen LogP contribution in [0.1, 0.15) is 23.3 Å². The molecular weight excluding hydrogens is 288 g/mol. The summed E-state index contributed by atoms with van der Waals surface area (Å²) in [5, 5.41) is 10.5. The number of hydrogen-bond acceptors (Lipinski definition) is 4. The van der Waals surface area contributed by atoms with Crippen LogP contribution >= 0.6 is 11.6 Å². The molecule has 0 atom stereocenters. The average molecular weight is 303 g/mol. The second-order valence-corrected chi connectivity index (χ2v) is 5.33. The fourth-order valence-electron chi connectivity index (χ4n) is 2.39. The van der Waals surface area contributed by atoms with Gasteiger partial charge in [-0.15, -0.1) is 10.2 Å². The first kappa shape index (κ1) is 13.8. The Labute approximate surface area is 127 Å². The number of hydrogen-bond donors (Lipinski definition) is 1. The van der Waals surface area contributed by atoms with Gasteiger partial charge in [-0.3, -0.25) is 4.79 Å². The minimum absolute atomic E-state index is 0.242. The standard InChI is InChI=1S/C15H15ClN4O/c16-14-7-6-13(18-19-14)15(21)17-11-4-3-5-12(10-11)20-8-1-2-9-20/h3-7,10H,1-2,8-9H2,(H,17,21). The molecule has 1 aliphatic heterocycles. The molecule has 1 N–H and O–H groups in total. The van der Waals surface area contributed by atoms with Gasteiger partial charge >= 0.3 is 0 Å². The highest BCUT2D eigenvalue weighted by Crippen LogP contribution is 2.23. The highest BCUT2D eigenvalue weighted by molar-refractivity contribution is 6.29. The van der Waals surface area contributed by atoms with Crippen molar-refractivity contribution in [2.45, 2.75) is 12.8 Å². The quantitative estimate of drug-likeness (QED) is 0.947. The molecule has 1 aliphatic rings. The topological polar surface area (TPSA) is 58.1 Å². The van der Waals surface area contributed by atoms with Crippen LogP contribution in [0.2, 0.25) is 5.15 Å². The second-order valence-electron chi connectivity index (χ2n) is 4.94. The van der Waals surface area contributed by atoms with Crippen LogP contribution in [0.15, 0.2) is 36.4 Å². The van der Waals surface area contributed by atoms with Gasteiger partial charge in [-0.05, 0) is 43.2 Å². The van der Waals surface area contributed by atoms with E-state index in [4.69, 9.17) is 11.6 Å². The number of carbonyl (C=O) groups is 1. The van der Waals surface area contributed by atoms with Gasteiger partial charge in [0.1, 0.15) is 0 Å². The molecule has 6 heteroatoms. The third kappa shape index (κ3) is 3.31. The van der Waals surface area contributed by atoms with Crippen LogP contribution in [-0.4, -0.2) is 29.2 Å². The monoisotopic (exact) mass is 302 g/mol. The number of rotatable bonds is 3. The summed E-state index contributed by atoms with van der Waals surface area (Å²) in [6.07, 6.45) is 2.44. The first-order valence-corrected chi connectivity index (χ1v) is 7.26. The Morgan fingerprint density at radius 1 is 1.14 bits per heavy atom. The highest BCUT2D eigenvalue weighted by atomic mass is 35.5. The highest BCUT2D eigenvalue weighted by Gasteiger charge is 2.13. The van der Waals surface area contributed by atoms with E-state index in [0.717, 1.165) is 24.5 Å². The smallest absolute Gasteiger partial charge is 0.276 e. The van der Waals surface area contributed by atoms with Crippen LogP contribution in [0.4, 0.5) is 11.4 Å². The number of benzene rings is 1. The summed E-state index contributed by atoms with van der Waals surface area (Å²) in [5.41, 5.74) is 2.12. The number of nitrogens with zero attached hydrogens (tertiary/aromatic N) is 3. The molecule has 1 amide bonds. The number of carbonyl (C=O) groups excluding carboxylic acids is 1. The van der Waals surface area contributed by atoms with E-state index < -0.39 is 0 Å². The molecule has 3 rings (SSSR count). The minimum atomic E-state index is -0.294. The summed E-state index contributed by atoms with van der Waals surface area (Å²) in [6, 6.07) is 10.9. The van der Waals surface area contributed by atoms with Crippen LogP contribution in [0.5, 0.6) is 0 Å². The normalized spacial score (nSPS) is 14.2. The zero-order valence-corrected chi connectivity index (χ0v) is 12.2. The molecule has 2 aromatic rings. The lowest BCUT2D eigenvalue weighted by Gasteiger charge is -2.18. The molecule has 0 aliphatic carbocycles. The predicted molar refractivity (Wildman–Crippen MR) is 82.9 cm³/mol. The van der Waals surface area contributed by atoms with E-state index >= 15 is 0 Å². The van der Waals surface area contributed by atoms with Crippen LogP contribution in [-0.2, 0) is 0 Å². The van der Waals surface area contributed by atoms with E-state index in [9.17, 15) is 4.79 Å². The Balaban J connectivity index is 1.73. The minimum Gasteiger partial charge on any atom is -0.371 e. The summed E-state index contributed by atoms with van der Waals surface area (Å²) >= 11 is 5.66. The van der Waals surface area contributed by atoms with Crippen LogP contribution in [0, 0.1) is 0 Å². The molecule has 5 nitrogen and oxygen atoms in total. The molecule has 108 valence electrons. The van der Waals surface area contributed by atoms with Gasteiger partial charge in [0, 0.05) is 24.5 Å². The van der Waals surface area contributed by atoms with E-state index in [1.165, 1.54) is 12.8 Å². The van der Waals surface area contributed by atoms with E-state index in [1.807, 2.05) is 18.2 Å². The van der Waals surface area contributed by atoms with Crippen molar-refractivity contribution in [3.8, 4) is 0 Å². The van der Waals surface area contributed by atoms with E-state index in [-0.39, 0.29) is 16.8 Å². The molecule has 2 heterocycles. The molecule has 0 unspecified atom stereocenters. The van der Waals surface area contributed by atoms with Crippen molar-refractivity contribution in [1.29, 1.82) is 0 Å². The lowest BCUT2D eigenvalue weighted by Crippen LogP contribution is -2.18. The first-order valence-electron chi connectivity index (χ1n) is 6.88. The zero-order chi connectivity index (χ0) is 14.7. The second kappa shape index (κ2) is 6.10. The van der Waals surface area contributed by atoms with Crippen molar-refractivity contribution < 1.29 is 4.79 Å². The van der Waals surface area contributed by atoms with Crippen LogP contribution in [0.3, 0.4) is 0 Å². The van der Waals surface area contributed by atoms with Gasteiger partial charge < -0.3 is 10.2 Å². The average Bonchev–Trinajstić information content (AvgIpc) is 3.02.